The molecular formula is C26H23F3N4O5. The number of rotatable bonds is 8. The molecule has 0 bridgehead atoms. The lowest BCUT2D eigenvalue weighted by Gasteiger charge is -2.19. The summed E-state index contributed by atoms with van der Waals surface area (Å²) in [6.45, 7) is 4.42. The van der Waals surface area contributed by atoms with Gasteiger partial charge in [0.2, 0.25) is 0 Å². The molecule has 0 saturated carbocycles. The van der Waals surface area contributed by atoms with Gasteiger partial charge in [-0.2, -0.15) is 13.2 Å². The Bertz CT molecular complexity index is 1370. The molecular weight excluding hydrogens is 505 g/mol. The number of ether oxygens (including phenoxy) is 1. The summed E-state index contributed by atoms with van der Waals surface area (Å²) >= 11 is 0. The summed E-state index contributed by atoms with van der Waals surface area (Å²) in [6, 6.07) is 11.1. The minimum atomic E-state index is -4.87. The number of hydrogen-bond acceptors (Lipinski definition) is 6. The van der Waals surface area contributed by atoms with Crippen LogP contribution in [0, 0.1) is 0 Å². The zero-order valence-corrected chi connectivity index (χ0v) is 20.2. The summed E-state index contributed by atoms with van der Waals surface area (Å²) in [5.74, 6) is -0.284. The van der Waals surface area contributed by atoms with Gasteiger partial charge in [-0.3, -0.25) is 14.6 Å². The fourth-order valence-electron chi connectivity index (χ4n) is 3.26. The van der Waals surface area contributed by atoms with Crippen LogP contribution in [0.3, 0.4) is 0 Å². The molecule has 3 amide bonds. The Hall–Kier alpha value is -4.71. The summed E-state index contributed by atoms with van der Waals surface area (Å²) < 4.78 is 46.5. The predicted octanol–water partition coefficient (Wildman–Crippen LogP) is 5.07. The van der Waals surface area contributed by atoms with Gasteiger partial charge in [0.25, 0.3) is 5.91 Å². The standard InChI is InChI=1S/C26H23F3N4O5/c1-14(15(2)34)23(35)20-9-6-17(12-21(20)26(27,28)29)33-25(37)32-16-4-7-18(8-5-16)38-19-10-11-31-22(13-19)24(36)30-3/h4-13,23,35H,1H2,2-3H3,(H,30,36)(H2,32,33,37). The number of hydrogen-bond donors (Lipinski definition) is 4. The molecule has 2 aromatic carbocycles. The van der Waals surface area contributed by atoms with Gasteiger partial charge in [-0.05, 0) is 55.0 Å². The summed E-state index contributed by atoms with van der Waals surface area (Å²) in [5.41, 5.74) is -1.88. The molecule has 0 spiro atoms. The SMILES string of the molecule is C=C(C(C)=O)C(O)c1ccc(NC(=O)Nc2ccc(Oc3ccnc(C(=O)NC)c3)cc2)cc1C(F)(F)F. The molecule has 3 rings (SSSR count). The number of amides is 3. The van der Waals surface area contributed by atoms with Crippen molar-refractivity contribution in [3.05, 3.63) is 89.8 Å². The molecule has 9 nitrogen and oxygen atoms in total. The molecule has 4 N–H and O–H groups in total. The topological polar surface area (TPSA) is 130 Å². The third-order valence-corrected chi connectivity index (χ3v) is 5.23. The van der Waals surface area contributed by atoms with Gasteiger partial charge in [0.1, 0.15) is 23.3 Å². The fraction of sp³-hybridized carbons (Fsp3) is 0.154. The number of carbonyl (C=O) groups is 3. The van der Waals surface area contributed by atoms with E-state index in [1.165, 1.54) is 49.6 Å². The van der Waals surface area contributed by atoms with Crippen LogP contribution < -0.4 is 20.7 Å². The number of halogens is 3. The van der Waals surface area contributed by atoms with E-state index < -0.39 is 40.8 Å². The van der Waals surface area contributed by atoms with E-state index in [0.717, 1.165) is 13.0 Å². The first-order valence-corrected chi connectivity index (χ1v) is 11.0. The molecule has 12 heteroatoms. The van der Waals surface area contributed by atoms with Gasteiger partial charge >= 0.3 is 12.2 Å². The van der Waals surface area contributed by atoms with Gasteiger partial charge in [0, 0.05) is 36.3 Å². The molecule has 38 heavy (non-hydrogen) atoms. The second kappa shape index (κ2) is 11.6. The van der Waals surface area contributed by atoms with E-state index >= 15 is 0 Å². The third kappa shape index (κ3) is 6.95. The normalized spacial score (nSPS) is 11.7. The molecule has 0 aliphatic heterocycles. The van der Waals surface area contributed by atoms with Crippen LogP contribution in [0.4, 0.5) is 29.3 Å². The monoisotopic (exact) mass is 528 g/mol. The Balaban J connectivity index is 1.69. The molecule has 0 fully saturated rings. The van der Waals surface area contributed by atoms with E-state index in [9.17, 15) is 32.7 Å². The minimum absolute atomic E-state index is 0.167. The Kier molecular flexibility index (Phi) is 8.48. The van der Waals surface area contributed by atoms with E-state index in [2.05, 4.69) is 27.5 Å². The van der Waals surface area contributed by atoms with Crippen molar-refractivity contribution in [1.29, 1.82) is 0 Å². The van der Waals surface area contributed by atoms with E-state index in [4.69, 9.17) is 4.74 Å². The average Bonchev–Trinajstić information content (AvgIpc) is 2.88. The van der Waals surface area contributed by atoms with Crippen LogP contribution in [0.1, 0.15) is 34.6 Å². The average molecular weight is 528 g/mol. The molecule has 1 atom stereocenters. The van der Waals surface area contributed by atoms with Crippen molar-refractivity contribution in [3.63, 3.8) is 0 Å². The van der Waals surface area contributed by atoms with Gasteiger partial charge < -0.3 is 25.8 Å². The number of benzene rings is 2. The first-order valence-electron chi connectivity index (χ1n) is 11.0. The summed E-state index contributed by atoms with van der Waals surface area (Å²) in [7, 11) is 1.47. The Morgan fingerprint density at radius 2 is 1.61 bits per heavy atom. The predicted molar refractivity (Wildman–Crippen MR) is 133 cm³/mol. The first-order chi connectivity index (χ1) is 17.9. The van der Waals surface area contributed by atoms with Crippen LogP contribution in [0.2, 0.25) is 0 Å². The maximum Gasteiger partial charge on any atom is 0.416 e. The molecule has 0 radical (unpaired) electrons. The highest BCUT2D eigenvalue weighted by Gasteiger charge is 2.36. The number of aliphatic hydroxyl groups is 1. The molecule has 3 aromatic rings. The molecule has 198 valence electrons. The highest BCUT2D eigenvalue weighted by atomic mass is 19.4. The van der Waals surface area contributed by atoms with Gasteiger partial charge in [-0.1, -0.05) is 12.6 Å². The number of aliphatic hydroxyl groups excluding tert-OH is 1. The lowest BCUT2D eigenvalue weighted by atomic mass is 9.95. The second-order valence-corrected chi connectivity index (χ2v) is 7.95. The van der Waals surface area contributed by atoms with Crippen LogP contribution in [0.15, 0.2) is 72.9 Å². The highest BCUT2D eigenvalue weighted by molar-refractivity contribution is 6.00. The van der Waals surface area contributed by atoms with Crippen molar-refractivity contribution in [2.75, 3.05) is 17.7 Å². The van der Waals surface area contributed by atoms with Gasteiger partial charge in [-0.25, -0.2) is 4.79 Å². The first kappa shape index (κ1) is 27.9. The zero-order chi connectivity index (χ0) is 28.0. The Morgan fingerprint density at radius 1 is 0.974 bits per heavy atom. The number of alkyl halides is 3. The summed E-state index contributed by atoms with van der Waals surface area (Å²) in [6.07, 6.45) is -5.31. The summed E-state index contributed by atoms with van der Waals surface area (Å²) in [4.78, 5) is 39.5. The van der Waals surface area contributed by atoms with Crippen LogP contribution >= 0.6 is 0 Å². The van der Waals surface area contributed by atoms with E-state index in [0.29, 0.717) is 23.3 Å². The molecule has 0 aliphatic rings. The molecule has 0 saturated heterocycles. The number of anilines is 2. The van der Waals surface area contributed by atoms with Crippen molar-refractivity contribution in [2.24, 2.45) is 0 Å². The van der Waals surface area contributed by atoms with Crippen molar-refractivity contribution >= 4 is 29.1 Å². The maximum atomic E-state index is 13.6. The van der Waals surface area contributed by atoms with Gasteiger partial charge in [0.05, 0.1) is 5.56 Å². The number of ketones is 1. The van der Waals surface area contributed by atoms with E-state index in [1.54, 1.807) is 6.07 Å². The number of nitrogens with one attached hydrogen (secondary N) is 3. The van der Waals surface area contributed by atoms with Crippen molar-refractivity contribution < 1.29 is 37.4 Å². The third-order valence-electron chi connectivity index (χ3n) is 5.23. The maximum absolute atomic E-state index is 13.6. The van der Waals surface area contributed by atoms with Crippen LogP contribution in [0.5, 0.6) is 11.5 Å². The summed E-state index contributed by atoms with van der Waals surface area (Å²) in [5, 5.41) is 17.4. The minimum Gasteiger partial charge on any atom is -0.457 e. The van der Waals surface area contributed by atoms with Crippen LogP contribution in [-0.4, -0.2) is 34.9 Å². The second-order valence-electron chi connectivity index (χ2n) is 7.95. The number of urea groups is 1. The quantitative estimate of drug-likeness (QED) is 0.302. The lowest BCUT2D eigenvalue weighted by molar-refractivity contribution is -0.139. The lowest BCUT2D eigenvalue weighted by Crippen LogP contribution is -2.21. The Labute approximate surface area is 215 Å². The van der Waals surface area contributed by atoms with Crippen molar-refractivity contribution in [2.45, 2.75) is 19.2 Å². The molecule has 1 heterocycles. The smallest absolute Gasteiger partial charge is 0.416 e. The molecule has 1 aromatic heterocycles. The van der Waals surface area contributed by atoms with E-state index in [1.807, 2.05) is 0 Å². The van der Waals surface area contributed by atoms with Crippen LogP contribution in [0.25, 0.3) is 0 Å². The molecule has 0 aliphatic carbocycles. The zero-order valence-electron chi connectivity index (χ0n) is 20.2. The highest BCUT2D eigenvalue weighted by Crippen LogP contribution is 2.38. The van der Waals surface area contributed by atoms with Crippen LogP contribution in [-0.2, 0) is 11.0 Å². The number of nitrogens with zero attached hydrogens (tertiary/aromatic N) is 1. The number of carbonyl (C=O) groups excluding carboxylic acids is 3. The number of pyridine rings is 1. The number of aromatic nitrogens is 1. The Morgan fingerprint density at radius 3 is 2.21 bits per heavy atom. The largest absolute Gasteiger partial charge is 0.457 e. The van der Waals surface area contributed by atoms with Crippen molar-refractivity contribution in [3.8, 4) is 11.5 Å². The van der Waals surface area contributed by atoms with Gasteiger partial charge in [-0.15, -0.1) is 0 Å². The van der Waals surface area contributed by atoms with E-state index in [-0.39, 0.29) is 17.3 Å². The fourth-order valence-corrected chi connectivity index (χ4v) is 3.26. The van der Waals surface area contributed by atoms with Crippen molar-refractivity contribution in [1.82, 2.24) is 10.3 Å². The molecule has 1 unspecified atom stereocenters. The number of Topliss-reactive ketones (excluding diaryl/α,β-unsaturated/α-hetero) is 1. The van der Waals surface area contributed by atoms with Gasteiger partial charge in [0.15, 0.2) is 5.78 Å².